The standard InChI is InChI=1S/C13H17F2NO2S/c1-13(2,3)19(18)5-4-16-12(17)9-6-10(14)8-11(15)7-9/h6-8H,4-5H2,1-3H3,(H,16,17)/t19-/m0/s1. The zero-order valence-corrected chi connectivity index (χ0v) is 11.9. The van der Waals surface area contributed by atoms with Crippen LogP contribution in [-0.4, -0.2) is 27.2 Å². The molecule has 1 aromatic rings. The van der Waals surface area contributed by atoms with E-state index in [-0.39, 0.29) is 16.9 Å². The third-order valence-corrected chi connectivity index (χ3v) is 4.32. The minimum Gasteiger partial charge on any atom is -0.351 e. The van der Waals surface area contributed by atoms with Crippen LogP contribution in [0.3, 0.4) is 0 Å². The fourth-order valence-electron chi connectivity index (χ4n) is 1.35. The minimum atomic E-state index is -1.08. The van der Waals surface area contributed by atoms with Gasteiger partial charge in [-0.25, -0.2) is 8.78 Å². The van der Waals surface area contributed by atoms with Crippen LogP contribution in [0.5, 0.6) is 0 Å². The van der Waals surface area contributed by atoms with Gasteiger partial charge in [0.15, 0.2) is 0 Å². The number of hydrogen-bond acceptors (Lipinski definition) is 2. The number of amides is 1. The average molecular weight is 289 g/mol. The predicted molar refractivity (Wildman–Crippen MR) is 71.5 cm³/mol. The third kappa shape index (κ3) is 5.06. The van der Waals surface area contributed by atoms with Crippen LogP contribution in [-0.2, 0) is 10.8 Å². The van der Waals surface area contributed by atoms with E-state index in [1.807, 2.05) is 20.8 Å². The van der Waals surface area contributed by atoms with Gasteiger partial charge in [0.25, 0.3) is 5.91 Å². The highest BCUT2D eigenvalue weighted by Gasteiger charge is 2.19. The molecule has 0 spiro atoms. The molecule has 19 heavy (non-hydrogen) atoms. The lowest BCUT2D eigenvalue weighted by Gasteiger charge is -2.17. The molecular formula is C13H17F2NO2S. The molecule has 1 N–H and O–H groups in total. The van der Waals surface area contributed by atoms with E-state index in [9.17, 15) is 17.8 Å². The van der Waals surface area contributed by atoms with Gasteiger partial charge in [0, 0.05) is 39.5 Å². The van der Waals surface area contributed by atoms with Crippen LogP contribution in [0.25, 0.3) is 0 Å². The van der Waals surface area contributed by atoms with Gasteiger partial charge in [0.1, 0.15) is 11.6 Å². The number of nitrogens with one attached hydrogen (secondary N) is 1. The van der Waals surface area contributed by atoms with E-state index in [0.29, 0.717) is 11.8 Å². The molecule has 1 rings (SSSR count). The minimum absolute atomic E-state index is 0.0842. The van der Waals surface area contributed by atoms with E-state index >= 15 is 0 Å². The summed E-state index contributed by atoms with van der Waals surface area (Å²) in [5.74, 6) is -1.89. The Morgan fingerprint density at radius 2 is 1.74 bits per heavy atom. The van der Waals surface area contributed by atoms with E-state index < -0.39 is 28.3 Å². The van der Waals surface area contributed by atoms with E-state index in [0.717, 1.165) is 12.1 Å². The summed E-state index contributed by atoms with van der Waals surface area (Å²) in [5.41, 5.74) is -0.0842. The van der Waals surface area contributed by atoms with Gasteiger partial charge < -0.3 is 5.32 Å². The van der Waals surface area contributed by atoms with Crippen molar-refractivity contribution in [1.82, 2.24) is 5.32 Å². The summed E-state index contributed by atoms with van der Waals surface area (Å²) in [6.07, 6.45) is 0. The molecule has 0 radical (unpaired) electrons. The monoisotopic (exact) mass is 289 g/mol. The van der Waals surface area contributed by atoms with Crippen molar-refractivity contribution in [2.24, 2.45) is 0 Å². The van der Waals surface area contributed by atoms with Crippen LogP contribution in [0.2, 0.25) is 0 Å². The van der Waals surface area contributed by atoms with Gasteiger partial charge in [-0.15, -0.1) is 0 Å². The van der Waals surface area contributed by atoms with Gasteiger partial charge in [-0.3, -0.25) is 9.00 Å². The molecule has 106 valence electrons. The molecule has 0 unspecified atom stereocenters. The van der Waals surface area contributed by atoms with Crippen LogP contribution in [0, 0.1) is 11.6 Å². The number of hydrogen-bond donors (Lipinski definition) is 1. The molecule has 1 aromatic carbocycles. The fraction of sp³-hybridized carbons (Fsp3) is 0.462. The van der Waals surface area contributed by atoms with Crippen LogP contribution in [0.4, 0.5) is 8.78 Å². The fourth-order valence-corrected chi connectivity index (χ4v) is 2.25. The summed E-state index contributed by atoms with van der Waals surface area (Å²) in [7, 11) is -1.08. The number of benzene rings is 1. The Balaban J connectivity index is 2.55. The number of carbonyl (C=O) groups is 1. The first-order chi connectivity index (χ1) is 8.70. The van der Waals surface area contributed by atoms with E-state index in [1.54, 1.807) is 0 Å². The molecule has 6 heteroatoms. The summed E-state index contributed by atoms with van der Waals surface area (Å²) in [6, 6.07) is 2.61. The number of carbonyl (C=O) groups excluding carboxylic acids is 1. The topological polar surface area (TPSA) is 46.2 Å². The van der Waals surface area contributed by atoms with Gasteiger partial charge in [-0.05, 0) is 32.9 Å². The van der Waals surface area contributed by atoms with Gasteiger partial charge in [-0.1, -0.05) is 0 Å². The Kier molecular flexibility index (Phi) is 5.17. The normalized spacial score (nSPS) is 13.1. The smallest absolute Gasteiger partial charge is 0.251 e. The first-order valence-corrected chi connectivity index (χ1v) is 7.15. The van der Waals surface area contributed by atoms with E-state index in [4.69, 9.17) is 0 Å². The van der Waals surface area contributed by atoms with E-state index in [2.05, 4.69) is 5.32 Å². The van der Waals surface area contributed by atoms with Crippen molar-refractivity contribution in [3.8, 4) is 0 Å². The highest BCUT2D eigenvalue weighted by Crippen LogP contribution is 2.11. The van der Waals surface area contributed by atoms with Crippen LogP contribution >= 0.6 is 0 Å². The average Bonchev–Trinajstić information content (AvgIpc) is 2.26. The summed E-state index contributed by atoms with van der Waals surface area (Å²) < 4.78 is 37.2. The number of rotatable bonds is 4. The van der Waals surface area contributed by atoms with Crippen molar-refractivity contribution < 1.29 is 17.8 Å². The van der Waals surface area contributed by atoms with Crippen molar-refractivity contribution >= 4 is 16.7 Å². The van der Waals surface area contributed by atoms with Crippen molar-refractivity contribution in [2.75, 3.05) is 12.3 Å². The maximum Gasteiger partial charge on any atom is 0.251 e. The summed E-state index contributed by atoms with van der Waals surface area (Å²) in [4.78, 5) is 11.6. The molecule has 0 saturated carbocycles. The highest BCUT2D eigenvalue weighted by atomic mass is 32.2. The molecule has 0 aromatic heterocycles. The van der Waals surface area contributed by atoms with Gasteiger partial charge in [0.05, 0.1) is 0 Å². The molecule has 0 bridgehead atoms. The predicted octanol–water partition coefficient (Wildman–Crippen LogP) is 2.24. The first kappa shape index (κ1) is 15.8. The molecule has 0 aliphatic rings. The lowest BCUT2D eigenvalue weighted by Crippen LogP contribution is -2.32. The first-order valence-electron chi connectivity index (χ1n) is 5.83. The second kappa shape index (κ2) is 6.23. The molecule has 1 amide bonds. The quantitative estimate of drug-likeness (QED) is 0.924. The van der Waals surface area contributed by atoms with Crippen LogP contribution in [0.15, 0.2) is 18.2 Å². The maximum atomic E-state index is 12.9. The Morgan fingerprint density at radius 1 is 1.21 bits per heavy atom. The number of halogens is 2. The molecule has 3 nitrogen and oxygen atoms in total. The molecule has 0 saturated heterocycles. The Bertz CT molecular complexity index is 478. The Morgan fingerprint density at radius 3 is 2.21 bits per heavy atom. The van der Waals surface area contributed by atoms with Crippen LogP contribution < -0.4 is 5.32 Å². The largest absolute Gasteiger partial charge is 0.351 e. The summed E-state index contributed by atoms with van der Waals surface area (Å²) in [6.45, 7) is 5.72. The van der Waals surface area contributed by atoms with Crippen molar-refractivity contribution in [3.63, 3.8) is 0 Å². The van der Waals surface area contributed by atoms with Gasteiger partial charge >= 0.3 is 0 Å². The lowest BCUT2D eigenvalue weighted by atomic mass is 10.2. The molecular weight excluding hydrogens is 272 g/mol. The zero-order chi connectivity index (χ0) is 14.6. The summed E-state index contributed by atoms with van der Waals surface area (Å²) >= 11 is 0. The van der Waals surface area contributed by atoms with E-state index in [1.165, 1.54) is 0 Å². The van der Waals surface area contributed by atoms with Crippen molar-refractivity contribution in [2.45, 2.75) is 25.5 Å². The van der Waals surface area contributed by atoms with Crippen LogP contribution in [0.1, 0.15) is 31.1 Å². The Labute approximate surface area is 113 Å². The molecule has 0 aliphatic heterocycles. The zero-order valence-electron chi connectivity index (χ0n) is 11.1. The maximum absolute atomic E-state index is 12.9. The van der Waals surface area contributed by atoms with Gasteiger partial charge in [-0.2, -0.15) is 0 Å². The summed E-state index contributed by atoms with van der Waals surface area (Å²) in [5, 5.41) is 2.49. The molecule has 0 heterocycles. The van der Waals surface area contributed by atoms with Crippen molar-refractivity contribution in [1.29, 1.82) is 0 Å². The molecule has 0 fully saturated rings. The molecule has 1 atom stereocenters. The SMILES string of the molecule is CC(C)(C)[S@@](=O)CCNC(=O)c1cc(F)cc(F)c1. The van der Waals surface area contributed by atoms with Gasteiger partial charge in [0.2, 0.25) is 0 Å². The van der Waals surface area contributed by atoms with Crippen molar-refractivity contribution in [3.05, 3.63) is 35.4 Å². The lowest BCUT2D eigenvalue weighted by molar-refractivity contribution is 0.0955. The highest BCUT2D eigenvalue weighted by molar-refractivity contribution is 7.86. The Hall–Kier alpha value is -1.30. The molecule has 0 aliphatic carbocycles. The second-order valence-corrected chi connectivity index (χ2v) is 7.40. The third-order valence-electron chi connectivity index (χ3n) is 2.38. The second-order valence-electron chi connectivity index (χ2n) is 5.08.